The second-order valence-electron chi connectivity index (χ2n) is 3.11. The van der Waals surface area contributed by atoms with E-state index in [9.17, 15) is 19.2 Å². The Morgan fingerprint density at radius 2 is 0.542 bits per heavy atom. The summed E-state index contributed by atoms with van der Waals surface area (Å²) in [4.78, 5) is 37.9. The Labute approximate surface area is 195 Å². The van der Waals surface area contributed by atoms with E-state index in [1.54, 1.807) is 27.7 Å². The summed E-state index contributed by atoms with van der Waals surface area (Å²) in [7, 11) is 0. The fraction of sp³-hybridized carbons (Fsp3) is 0.667. The topological polar surface area (TPSA) is 163 Å². The van der Waals surface area contributed by atoms with Gasteiger partial charge in [-0.3, -0.25) is 0 Å². The van der Waals surface area contributed by atoms with Gasteiger partial charge in [0.25, 0.3) is 0 Å². The molecule has 12 heteroatoms. The van der Waals surface area contributed by atoms with Crippen LogP contribution >= 0.6 is 0 Å². The van der Waals surface area contributed by atoms with Crippen molar-refractivity contribution in [2.75, 3.05) is 0 Å². The molecule has 8 nitrogen and oxygen atoms in total. The molecule has 0 aliphatic heterocycles. The third-order valence-electron chi connectivity index (χ3n) is 1.28. The van der Waals surface area contributed by atoms with E-state index < -0.39 is 23.6 Å². The van der Waals surface area contributed by atoms with Crippen LogP contribution in [0.2, 0.25) is 0 Å². The monoisotopic (exact) mass is 542 g/mol. The average Bonchev–Trinajstić information content (AvgIpc) is 2.40. The van der Waals surface area contributed by atoms with Crippen molar-refractivity contribution in [3.8, 4) is 0 Å². The number of amides is 4. The largest absolute Gasteiger partial charge is 3.00 e. The predicted molar refractivity (Wildman–Crippen MR) is 78.5 cm³/mol. The molecule has 0 aromatic rings. The Morgan fingerprint density at radius 1 is 0.500 bits per heavy atom. The van der Waals surface area contributed by atoms with Gasteiger partial charge in [-0.25, -0.2) is 0 Å². The van der Waals surface area contributed by atoms with Crippen molar-refractivity contribution in [1.82, 2.24) is 0 Å². The van der Waals surface area contributed by atoms with E-state index in [1.165, 1.54) is 0 Å². The van der Waals surface area contributed by atoms with Gasteiger partial charge in [0.2, 0.25) is 0 Å². The number of nitrogens with one attached hydrogen (secondary N) is 4. The molecule has 4 amide bonds. The van der Waals surface area contributed by atoms with Crippen molar-refractivity contribution >= 4 is 23.6 Å². The molecule has 0 rings (SSSR count). The van der Waals surface area contributed by atoms with Crippen LogP contribution in [0.5, 0.6) is 0 Å². The van der Waals surface area contributed by atoms with Gasteiger partial charge in [-0.05, 0) is 25.7 Å². The minimum absolute atomic E-state index is 0. The van der Waals surface area contributed by atoms with Crippen molar-refractivity contribution in [2.24, 2.45) is 0 Å². The van der Waals surface area contributed by atoms with Crippen molar-refractivity contribution in [2.45, 2.75) is 53.4 Å². The molecule has 0 fully saturated rings. The van der Waals surface area contributed by atoms with E-state index >= 15 is 0 Å². The molecule has 0 saturated heterocycles. The van der Waals surface area contributed by atoms with Crippen LogP contribution in [0, 0.1) is 0 Å². The molecular formula is C12H24Br2N4O4Ti2. The van der Waals surface area contributed by atoms with Crippen LogP contribution < -0.4 is 34.0 Å². The molecule has 0 aliphatic rings. The molecule has 0 aromatic carbocycles. The summed E-state index contributed by atoms with van der Waals surface area (Å²) in [5.74, 6) is -1.98. The normalized spacial score (nSPS) is 6.17. The smallest absolute Gasteiger partial charge is 1.00 e. The molecule has 138 valence electrons. The second kappa shape index (κ2) is 43.6. The Hall–Kier alpha value is 0.269. The van der Waals surface area contributed by atoms with E-state index in [0.717, 1.165) is 0 Å². The standard InChI is InChI=1S/4C3H7NO.2BrH.2Ti/c4*1-2-3(4)5;;;;/h4*2H2,1H3,(H2,4,5);2*1H;;/q;;;;;;2*+3/p-6. The molecule has 2 radical (unpaired) electrons. The first kappa shape index (κ1) is 49.6. The van der Waals surface area contributed by atoms with Crippen LogP contribution in [0.25, 0.3) is 22.9 Å². The van der Waals surface area contributed by atoms with Crippen LogP contribution in [-0.4, -0.2) is 23.6 Å². The molecule has 0 heterocycles. The molecular weight excluding hydrogens is 520 g/mol. The van der Waals surface area contributed by atoms with E-state index in [2.05, 4.69) is 0 Å². The summed E-state index contributed by atoms with van der Waals surface area (Å²) in [5.41, 5.74) is 24.8. The zero-order valence-corrected chi connectivity index (χ0v) is 20.5. The molecule has 0 spiro atoms. The summed E-state index contributed by atoms with van der Waals surface area (Å²) in [5, 5.41) is 0. The van der Waals surface area contributed by atoms with Crippen LogP contribution in [0.1, 0.15) is 53.4 Å². The zero-order chi connectivity index (χ0) is 17.1. The first-order chi connectivity index (χ1) is 9.08. The molecule has 0 saturated carbocycles. The van der Waals surface area contributed by atoms with Crippen molar-refractivity contribution < 1.29 is 96.6 Å². The number of hydrogen-bond acceptors (Lipinski definition) is 4. The minimum Gasteiger partial charge on any atom is -1.00 e. The van der Waals surface area contributed by atoms with Gasteiger partial charge >= 0.3 is 43.4 Å². The van der Waals surface area contributed by atoms with Gasteiger partial charge in [0.15, 0.2) is 0 Å². The van der Waals surface area contributed by atoms with Crippen molar-refractivity contribution in [3.63, 3.8) is 0 Å². The van der Waals surface area contributed by atoms with E-state index in [-0.39, 0.29) is 77.4 Å². The molecule has 0 aromatic heterocycles. The fourth-order valence-electron chi connectivity index (χ4n) is 0. The number of carbonyl (C=O) groups excluding carboxylic acids is 4. The first-order valence-corrected chi connectivity index (χ1v) is 6.06. The third kappa shape index (κ3) is 147. The minimum atomic E-state index is -0.495. The van der Waals surface area contributed by atoms with Crippen LogP contribution in [0.4, 0.5) is 0 Å². The molecule has 24 heavy (non-hydrogen) atoms. The third-order valence-corrected chi connectivity index (χ3v) is 1.28. The number of rotatable bonds is 4. The van der Waals surface area contributed by atoms with Gasteiger partial charge in [-0.2, -0.15) is 0 Å². The summed E-state index contributed by atoms with van der Waals surface area (Å²) in [6.45, 7) is 6.65. The zero-order valence-electron chi connectivity index (χ0n) is 14.2. The Balaban J connectivity index is -0.0000000225. The molecule has 0 aliphatic carbocycles. The van der Waals surface area contributed by atoms with E-state index in [1.807, 2.05) is 0 Å². The van der Waals surface area contributed by atoms with Crippen LogP contribution in [-0.2, 0) is 62.6 Å². The van der Waals surface area contributed by atoms with E-state index in [4.69, 9.17) is 22.9 Å². The number of carbonyl (C=O) groups is 4. The van der Waals surface area contributed by atoms with Crippen molar-refractivity contribution in [3.05, 3.63) is 22.9 Å². The van der Waals surface area contributed by atoms with Gasteiger partial charge in [-0.15, -0.1) is 0 Å². The molecule has 0 atom stereocenters. The van der Waals surface area contributed by atoms with Gasteiger partial charge in [0.05, 0.1) is 0 Å². The average molecular weight is 544 g/mol. The maximum atomic E-state index is 9.48. The van der Waals surface area contributed by atoms with E-state index in [0.29, 0.717) is 25.7 Å². The number of hydrogen-bond donors (Lipinski definition) is 0. The van der Waals surface area contributed by atoms with Gasteiger partial charge < -0.3 is 76.1 Å². The summed E-state index contributed by atoms with van der Waals surface area (Å²) in [6, 6.07) is 0. The Morgan fingerprint density at radius 3 is 0.542 bits per heavy atom. The van der Waals surface area contributed by atoms with Crippen molar-refractivity contribution in [1.29, 1.82) is 0 Å². The summed E-state index contributed by atoms with van der Waals surface area (Å²) >= 11 is 0. The van der Waals surface area contributed by atoms with Gasteiger partial charge in [0, 0.05) is 23.6 Å². The number of halogens is 2. The SMILES string of the molecule is CCC([NH-])=O.CCC([NH-])=O.CCC([NH-])=O.CCC([NH-])=O.[Br-].[Br-].[Ti+3].[Ti+3]. The molecule has 0 unspecified atom stereocenters. The van der Waals surface area contributed by atoms with Crippen LogP contribution in [0.3, 0.4) is 0 Å². The maximum absolute atomic E-state index is 9.48. The second-order valence-corrected chi connectivity index (χ2v) is 3.11. The van der Waals surface area contributed by atoms with Gasteiger partial charge in [-0.1, -0.05) is 27.7 Å². The Bertz CT molecular complexity index is 244. The van der Waals surface area contributed by atoms with Crippen LogP contribution in [0.15, 0.2) is 0 Å². The fourth-order valence-corrected chi connectivity index (χ4v) is 0. The predicted octanol–water partition coefficient (Wildman–Crippen LogP) is -2.10. The summed E-state index contributed by atoms with van der Waals surface area (Å²) < 4.78 is 0. The molecule has 4 N–H and O–H groups in total. The molecule has 0 bridgehead atoms. The summed E-state index contributed by atoms with van der Waals surface area (Å²) in [6.07, 6.45) is 1.33. The quantitative estimate of drug-likeness (QED) is 0.371. The Kier molecular flexibility index (Phi) is 90.2. The van der Waals surface area contributed by atoms with Gasteiger partial charge in [0.1, 0.15) is 0 Å². The maximum Gasteiger partial charge on any atom is 3.00 e. The first-order valence-electron chi connectivity index (χ1n) is 6.06.